The van der Waals surface area contributed by atoms with Crippen LogP contribution in [0.5, 0.6) is 0 Å². The monoisotopic (exact) mass is 290 g/mol. The van der Waals surface area contributed by atoms with Crippen LogP contribution in [0.25, 0.3) is 0 Å². The van der Waals surface area contributed by atoms with Crippen molar-refractivity contribution < 1.29 is 14.7 Å². The smallest absolute Gasteiger partial charge is 0.311 e. The molecule has 114 valence electrons. The Morgan fingerprint density at radius 3 is 2.57 bits per heavy atom. The third-order valence-corrected chi connectivity index (χ3v) is 4.45. The maximum Gasteiger partial charge on any atom is 0.311 e. The summed E-state index contributed by atoms with van der Waals surface area (Å²) in [4.78, 5) is 23.8. The van der Waals surface area contributed by atoms with Crippen molar-refractivity contribution in [3.8, 4) is 0 Å². The van der Waals surface area contributed by atoms with E-state index in [0.29, 0.717) is 24.9 Å². The number of nitrogens with two attached hydrogens (primary N) is 1. The number of nitrogens with one attached hydrogen (secondary N) is 1. The first-order chi connectivity index (χ1) is 9.97. The van der Waals surface area contributed by atoms with E-state index in [1.807, 2.05) is 12.1 Å². The Bertz CT molecular complexity index is 527. The maximum atomic E-state index is 12.3. The zero-order valence-corrected chi connectivity index (χ0v) is 12.3. The van der Waals surface area contributed by atoms with E-state index in [9.17, 15) is 14.7 Å². The molecule has 2 unspecified atom stereocenters. The molecule has 21 heavy (non-hydrogen) atoms. The van der Waals surface area contributed by atoms with Gasteiger partial charge in [0.1, 0.15) is 0 Å². The SMILES string of the molecule is CC1(C(=O)O)CCCCC1NC(=O)c1ccc(CN)cc1. The summed E-state index contributed by atoms with van der Waals surface area (Å²) >= 11 is 0. The number of benzene rings is 1. The second-order valence-electron chi connectivity index (χ2n) is 5.90. The van der Waals surface area contributed by atoms with E-state index in [4.69, 9.17) is 5.73 Å². The first-order valence-electron chi connectivity index (χ1n) is 7.30. The van der Waals surface area contributed by atoms with Gasteiger partial charge in [-0.3, -0.25) is 9.59 Å². The molecule has 0 bridgehead atoms. The minimum atomic E-state index is -0.884. The molecule has 1 aliphatic rings. The van der Waals surface area contributed by atoms with Crippen LogP contribution in [0, 0.1) is 5.41 Å². The van der Waals surface area contributed by atoms with Gasteiger partial charge in [-0.05, 0) is 37.5 Å². The molecule has 0 heterocycles. The number of carboxylic acid groups (broad SMARTS) is 1. The van der Waals surface area contributed by atoms with Crippen LogP contribution >= 0.6 is 0 Å². The fourth-order valence-corrected chi connectivity index (χ4v) is 2.85. The summed E-state index contributed by atoms with van der Waals surface area (Å²) in [6.45, 7) is 2.15. The van der Waals surface area contributed by atoms with Crippen molar-refractivity contribution in [3.05, 3.63) is 35.4 Å². The minimum absolute atomic E-state index is 0.224. The number of carboxylic acids is 1. The zero-order valence-electron chi connectivity index (χ0n) is 12.3. The second kappa shape index (κ2) is 6.26. The van der Waals surface area contributed by atoms with E-state index in [1.54, 1.807) is 19.1 Å². The average molecular weight is 290 g/mol. The van der Waals surface area contributed by atoms with Gasteiger partial charge in [0.15, 0.2) is 0 Å². The Hall–Kier alpha value is -1.88. The molecule has 2 rings (SSSR count). The number of carbonyl (C=O) groups is 2. The van der Waals surface area contributed by atoms with Gasteiger partial charge in [-0.25, -0.2) is 0 Å². The van der Waals surface area contributed by atoms with Gasteiger partial charge < -0.3 is 16.2 Å². The number of amides is 1. The summed E-state index contributed by atoms with van der Waals surface area (Å²) in [5.41, 5.74) is 6.14. The molecular weight excluding hydrogens is 268 g/mol. The van der Waals surface area contributed by atoms with Gasteiger partial charge in [0.25, 0.3) is 5.91 Å². The van der Waals surface area contributed by atoms with Crippen molar-refractivity contribution in [1.29, 1.82) is 0 Å². The van der Waals surface area contributed by atoms with Crippen molar-refractivity contribution in [1.82, 2.24) is 5.32 Å². The predicted octanol–water partition coefficient (Wildman–Crippen LogP) is 1.91. The third-order valence-electron chi connectivity index (χ3n) is 4.45. The van der Waals surface area contributed by atoms with Crippen LogP contribution in [0.2, 0.25) is 0 Å². The summed E-state index contributed by atoms with van der Waals surface area (Å²) in [6.07, 6.45) is 3.13. The lowest BCUT2D eigenvalue weighted by Crippen LogP contribution is -2.52. The first-order valence-corrected chi connectivity index (χ1v) is 7.30. The van der Waals surface area contributed by atoms with Crippen LogP contribution in [0.3, 0.4) is 0 Å². The molecule has 1 aromatic rings. The molecule has 0 spiro atoms. The highest BCUT2D eigenvalue weighted by molar-refractivity contribution is 5.94. The van der Waals surface area contributed by atoms with Crippen LogP contribution in [0.15, 0.2) is 24.3 Å². The summed E-state index contributed by atoms with van der Waals surface area (Å²) in [7, 11) is 0. The summed E-state index contributed by atoms with van der Waals surface area (Å²) in [5, 5.41) is 12.3. The van der Waals surface area contributed by atoms with Gasteiger partial charge in [-0.2, -0.15) is 0 Å². The van der Waals surface area contributed by atoms with E-state index < -0.39 is 11.4 Å². The van der Waals surface area contributed by atoms with E-state index >= 15 is 0 Å². The molecule has 5 nitrogen and oxygen atoms in total. The van der Waals surface area contributed by atoms with E-state index in [2.05, 4.69) is 5.32 Å². The lowest BCUT2D eigenvalue weighted by molar-refractivity contribution is -0.151. The first kappa shape index (κ1) is 15.5. The van der Waals surface area contributed by atoms with Crippen LogP contribution in [-0.2, 0) is 11.3 Å². The zero-order chi connectivity index (χ0) is 15.5. The van der Waals surface area contributed by atoms with Crippen molar-refractivity contribution >= 4 is 11.9 Å². The highest BCUT2D eigenvalue weighted by Crippen LogP contribution is 2.36. The molecule has 0 aromatic heterocycles. The largest absolute Gasteiger partial charge is 0.481 e. The summed E-state index contributed by atoms with van der Waals surface area (Å²) < 4.78 is 0. The molecule has 1 saturated carbocycles. The van der Waals surface area contributed by atoms with E-state index in [1.165, 1.54) is 0 Å². The molecule has 4 N–H and O–H groups in total. The number of hydrogen-bond acceptors (Lipinski definition) is 3. The van der Waals surface area contributed by atoms with Gasteiger partial charge in [-0.1, -0.05) is 25.0 Å². The highest BCUT2D eigenvalue weighted by Gasteiger charge is 2.43. The Morgan fingerprint density at radius 2 is 2.00 bits per heavy atom. The van der Waals surface area contributed by atoms with Gasteiger partial charge in [-0.15, -0.1) is 0 Å². The molecule has 5 heteroatoms. The van der Waals surface area contributed by atoms with Crippen molar-refractivity contribution in [2.75, 3.05) is 0 Å². The normalized spacial score (nSPS) is 25.3. The molecule has 0 aliphatic heterocycles. The molecule has 0 radical (unpaired) electrons. The van der Waals surface area contributed by atoms with Crippen LogP contribution < -0.4 is 11.1 Å². The Kier molecular flexibility index (Phi) is 4.63. The molecule has 0 saturated heterocycles. The third kappa shape index (κ3) is 3.24. The number of carbonyl (C=O) groups excluding carboxylic acids is 1. The highest BCUT2D eigenvalue weighted by atomic mass is 16.4. The minimum Gasteiger partial charge on any atom is -0.481 e. The lowest BCUT2D eigenvalue weighted by atomic mass is 9.71. The molecule has 2 atom stereocenters. The fraction of sp³-hybridized carbons (Fsp3) is 0.500. The van der Waals surface area contributed by atoms with E-state index in [0.717, 1.165) is 18.4 Å². The summed E-state index contributed by atoms with van der Waals surface area (Å²) in [6, 6.07) is 6.74. The molecule has 1 aliphatic carbocycles. The van der Waals surface area contributed by atoms with Gasteiger partial charge in [0.2, 0.25) is 0 Å². The quantitative estimate of drug-likeness (QED) is 0.789. The molecule has 1 fully saturated rings. The second-order valence-corrected chi connectivity index (χ2v) is 5.90. The van der Waals surface area contributed by atoms with Crippen molar-refractivity contribution in [2.24, 2.45) is 11.1 Å². The van der Waals surface area contributed by atoms with Gasteiger partial charge in [0.05, 0.1) is 5.41 Å². The van der Waals surface area contributed by atoms with Gasteiger partial charge >= 0.3 is 5.97 Å². The predicted molar refractivity (Wildman–Crippen MR) is 79.8 cm³/mol. The Balaban J connectivity index is 2.11. The number of aliphatic carboxylic acids is 1. The average Bonchev–Trinajstić information content (AvgIpc) is 2.49. The van der Waals surface area contributed by atoms with Crippen molar-refractivity contribution in [3.63, 3.8) is 0 Å². The van der Waals surface area contributed by atoms with Crippen molar-refractivity contribution in [2.45, 2.75) is 45.2 Å². The van der Waals surface area contributed by atoms with E-state index in [-0.39, 0.29) is 11.9 Å². The van der Waals surface area contributed by atoms with Gasteiger partial charge in [0, 0.05) is 18.2 Å². The Morgan fingerprint density at radius 1 is 1.33 bits per heavy atom. The van der Waals surface area contributed by atoms with Crippen LogP contribution in [0.4, 0.5) is 0 Å². The topological polar surface area (TPSA) is 92.4 Å². The maximum absolute atomic E-state index is 12.3. The standard InChI is InChI=1S/C16H22N2O3/c1-16(15(20)21)9-3-2-4-13(16)18-14(19)12-7-5-11(10-17)6-8-12/h5-8,13H,2-4,9-10,17H2,1H3,(H,18,19)(H,20,21). The Labute approximate surface area is 124 Å². The molecule has 1 aromatic carbocycles. The number of rotatable bonds is 4. The molecule has 1 amide bonds. The lowest BCUT2D eigenvalue weighted by Gasteiger charge is -2.38. The fourth-order valence-electron chi connectivity index (χ4n) is 2.85. The van der Waals surface area contributed by atoms with Crippen LogP contribution in [0.1, 0.15) is 48.5 Å². The number of hydrogen-bond donors (Lipinski definition) is 3. The van der Waals surface area contributed by atoms with Crippen LogP contribution in [-0.4, -0.2) is 23.0 Å². The summed E-state index contributed by atoms with van der Waals surface area (Å²) in [5.74, 6) is -1.07. The molecular formula is C16H22N2O3.